The Morgan fingerprint density at radius 1 is 0.933 bits per heavy atom. The van der Waals surface area contributed by atoms with Crippen molar-refractivity contribution in [3.8, 4) is 27.6 Å². The van der Waals surface area contributed by atoms with Crippen LogP contribution in [0.3, 0.4) is 0 Å². The van der Waals surface area contributed by atoms with Crippen molar-refractivity contribution in [1.82, 2.24) is 0 Å². The van der Waals surface area contributed by atoms with Crippen LogP contribution in [0.4, 0.5) is 10.7 Å². The molecule has 0 atom stereocenters. The average molecular weight is 409 g/mol. The van der Waals surface area contributed by atoms with Gasteiger partial charge in [0.25, 0.3) is 5.69 Å². The zero-order valence-corrected chi connectivity index (χ0v) is 16.5. The Bertz CT molecular complexity index is 1270. The van der Waals surface area contributed by atoms with Crippen LogP contribution in [0.5, 0.6) is 0 Å². The van der Waals surface area contributed by atoms with Crippen LogP contribution in [0.25, 0.3) is 21.6 Å². The molecule has 0 aliphatic rings. The standard InChI is InChI=1S/C24H15N3O2S/c25-15-21-22(18-9-3-1-4-10-18)23(19-11-5-2-6-12-19)30-24(21)26-16-17-8-7-13-20(14-17)27(28)29/h1-14,16H/b26-16+. The van der Waals surface area contributed by atoms with Gasteiger partial charge >= 0.3 is 0 Å². The Morgan fingerprint density at radius 3 is 2.23 bits per heavy atom. The first-order valence-electron chi connectivity index (χ1n) is 9.13. The SMILES string of the molecule is N#Cc1c(/N=C/c2cccc([N+](=O)[O-])c2)sc(-c2ccccc2)c1-c1ccccc1. The van der Waals surface area contributed by atoms with Crippen molar-refractivity contribution >= 4 is 28.2 Å². The van der Waals surface area contributed by atoms with Gasteiger partial charge in [-0.2, -0.15) is 5.26 Å². The van der Waals surface area contributed by atoms with E-state index in [-0.39, 0.29) is 5.69 Å². The fourth-order valence-corrected chi connectivity index (χ4v) is 4.26. The molecule has 4 aromatic rings. The summed E-state index contributed by atoms with van der Waals surface area (Å²) in [5, 5.41) is 21.5. The van der Waals surface area contributed by atoms with E-state index < -0.39 is 4.92 Å². The molecule has 0 fully saturated rings. The van der Waals surface area contributed by atoms with Gasteiger partial charge in [0, 0.05) is 28.8 Å². The maximum absolute atomic E-state index is 11.0. The molecule has 144 valence electrons. The summed E-state index contributed by atoms with van der Waals surface area (Å²) in [4.78, 5) is 16.1. The molecule has 1 aromatic heterocycles. The fraction of sp³-hybridized carbons (Fsp3) is 0. The van der Waals surface area contributed by atoms with Gasteiger partial charge in [-0.3, -0.25) is 10.1 Å². The lowest BCUT2D eigenvalue weighted by Gasteiger charge is -2.05. The van der Waals surface area contributed by atoms with Crippen LogP contribution < -0.4 is 0 Å². The van der Waals surface area contributed by atoms with E-state index in [1.165, 1.54) is 23.5 Å². The van der Waals surface area contributed by atoms with Crippen LogP contribution in [-0.4, -0.2) is 11.1 Å². The minimum Gasteiger partial charge on any atom is -0.258 e. The third-order valence-corrected chi connectivity index (χ3v) is 5.66. The van der Waals surface area contributed by atoms with Gasteiger partial charge in [0.1, 0.15) is 11.1 Å². The topological polar surface area (TPSA) is 79.3 Å². The molecule has 0 N–H and O–H groups in total. The van der Waals surface area contributed by atoms with Gasteiger partial charge in [0.2, 0.25) is 0 Å². The Hall–Kier alpha value is -4.08. The summed E-state index contributed by atoms with van der Waals surface area (Å²) in [5.74, 6) is 0. The minimum absolute atomic E-state index is 0.000542. The van der Waals surface area contributed by atoms with E-state index in [1.54, 1.807) is 18.3 Å². The van der Waals surface area contributed by atoms with Crippen molar-refractivity contribution in [2.75, 3.05) is 0 Å². The van der Waals surface area contributed by atoms with Crippen molar-refractivity contribution in [2.24, 2.45) is 4.99 Å². The van der Waals surface area contributed by atoms with Crippen molar-refractivity contribution in [3.63, 3.8) is 0 Å². The molecule has 0 unspecified atom stereocenters. The van der Waals surface area contributed by atoms with Crippen molar-refractivity contribution in [1.29, 1.82) is 5.26 Å². The number of benzene rings is 3. The van der Waals surface area contributed by atoms with Gasteiger partial charge < -0.3 is 0 Å². The maximum atomic E-state index is 11.0. The van der Waals surface area contributed by atoms with Gasteiger partial charge in [-0.05, 0) is 16.7 Å². The van der Waals surface area contributed by atoms with Crippen LogP contribution in [0.15, 0.2) is 89.9 Å². The molecule has 30 heavy (non-hydrogen) atoms. The Balaban J connectivity index is 1.85. The number of hydrogen-bond donors (Lipinski definition) is 0. The second-order valence-corrected chi connectivity index (χ2v) is 7.44. The molecular formula is C24H15N3O2S. The third kappa shape index (κ3) is 3.88. The summed E-state index contributed by atoms with van der Waals surface area (Å²) in [7, 11) is 0. The number of nitro groups is 1. The molecule has 0 aliphatic heterocycles. The second kappa shape index (κ2) is 8.52. The quantitative estimate of drug-likeness (QED) is 0.211. The van der Waals surface area contributed by atoms with E-state index in [2.05, 4.69) is 11.1 Å². The number of hydrogen-bond acceptors (Lipinski definition) is 5. The first kappa shape index (κ1) is 19.2. The Labute approximate surface area is 177 Å². The molecule has 0 spiro atoms. The molecule has 0 bridgehead atoms. The van der Waals surface area contributed by atoms with Gasteiger partial charge in [0.05, 0.1) is 10.5 Å². The predicted octanol–water partition coefficient (Wildman–Crippen LogP) is 6.61. The monoisotopic (exact) mass is 409 g/mol. The highest BCUT2D eigenvalue weighted by Crippen LogP contribution is 2.46. The number of nitro benzene ring substituents is 1. The molecule has 0 aliphatic carbocycles. The van der Waals surface area contributed by atoms with Crippen LogP contribution >= 0.6 is 11.3 Å². The van der Waals surface area contributed by atoms with Crippen LogP contribution in [-0.2, 0) is 0 Å². The fourth-order valence-electron chi connectivity index (χ4n) is 3.14. The molecule has 0 saturated heterocycles. The zero-order valence-electron chi connectivity index (χ0n) is 15.7. The van der Waals surface area contributed by atoms with E-state index in [0.717, 1.165) is 21.6 Å². The summed E-state index contributed by atoms with van der Waals surface area (Å²) in [6, 6.07) is 28.2. The summed E-state index contributed by atoms with van der Waals surface area (Å²) in [6.45, 7) is 0. The van der Waals surface area contributed by atoms with Crippen LogP contribution in [0.2, 0.25) is 0 Å². The van der Waals surface area contributed by atoms with Crippen LogP contribution in [0, 0.1) is 21.4 Å². The minimum atomic E-state index is -0.440. The first-order valence-corrected chi connectivity index (χ1v) is 9.95. The first-order chi connectivity index (χ1) is 14.7. The zero-order chi connectivity index (χ0) is 20.9. The lowest BCUT2D eigenvalue weighted by Crippen LogP contribution is -1.89. The normalized spacial score (nSPS) is 10.8. The van der Waals surface area contributed by atoms with Gasteiger partial charge in [-0.15, -0.1) is 11.3 Å². The number of non-ortho nitro benzene ring substituents is 1. The maximum Gasteiger partial charge on any atom is 0.270 e. The van der Waals surface area contributed by atoms with E-state index >= 15 is 0 Å². The smallest absolute Gasteiger partial charge is 0.258 e. The largest absolute Gasteiger partial charge is 0.270 e. The molecule has 6 heteroatoms. The molecule has 1 heterocycles. The number of rotatable bonds is 5. The lowest BCUT2D eigenvalue weighted by atomic mass is 9.99. The molecule has 5 nitrogen and oxygen atoms in total. The molecule has 0 saturated carbocycles. The third-order valence-electron chi connectivity index (χ3n) is 4.51. The molecule has 0 radical (unpaired) electrons. The van der Waals surface area contributed by atoms with Crippen LogP contribution in [0.1, 0.15) is 11.1 Å². The lowest BCUT2D eigenvalue weighted by molar-refractivity contribution is -0.384. The van der Waals surface area contributed by atoms with E-state index in [1.807, 2.05) is 60.7 Å². The number of nitrogens with zero attached hydrogens (tertiary/aromatic N) is 3. The van der Waals surface area contributed by atoms with E-state index in [0.29, 0.717) is 16.1 Å². The van der Waals surface area contributed by atoms with Crippen molar-refractivity contribution in [2.45, 2.75) is 0 Å². The Morgan fingerprint density at radius 2 is 1.60 bits per heavy atom. The van der Waals surface area contributed by atoms with E-state index in [4.69, 9.17) is 0 Å². The van der Waals surface area contributed by atoms with E-state index in [9.17, 15) is 15.4 Å². The number of thiophene rings is 1. The van der Waals surface area contributed by atoms with Gasteiger partial charge in [-0.25, -0.2) is 4.99 Å². The second-order valence-electron chi connectivity index (χ2n) is 6.44. The highest BCUT2D eigenvalue weighted by atomic mass is 32.1. The molecule has 4 rings (SSSR count). The highest BCUT2D eigenvalue weighted by molar-refractivity contribution is 7.20. The Kier molecular flexibility index (Phi) is 5.46. The number of nitriles is 1. The summed E-state index contributed by atoms with van der Waals surface area (Å²) < 4.78 is 0. The highest BCUT2D eigenvalue weighted by Gasteiger charge is 2.20. The molecular weight excluding hydrogens is 394 g/mol. The summed E-state index contributed by atoms with van der Waals surface area (Å²) in [5.41, 5.74) is 3.90. The summed E-state index contributed by atoms with van der Waals surface area (Å²) in [6.07, 6.45) is 1.56. The average Bonchev–Trinajstić information content (AvgIpc) is 3.17. The molecule has 3 aromatic carbocycles. The predicted molar refractivity (Wildman–Crippen MR) is 120 cm³/mol. The van der Waals surface area contributed by atoms with Gasteiger partial charge in [-0.1, -0.05) is 72.8 Å². The number of aliphatic imine (C=N–C) groups is 1. The van der Waals surface area contributed by atoms with Crippen molar-refractivity contribution < 1.29 is 4.92 Å². The van der Waals surface area contributed by atoms with Crippen molar-refractivity contribution in [3.05, 3.63) is 106 Å². The van der Waals surface area contributed by atoms with Gasteiger partial charge in [0.15, 0.2) is 0 Å². The molecule has 0 amide bonds. The summed E-state index contributed by atoms with van der Waals surface area (Å²) >= 11 is 1.43.